The molecule has 0 atom stereocenters. The van der Waals surface area contributed by atoms with Gasteiger partial charge >= 0.3 is 0 Å². The Balaban J connectivity index is 1.18. The summed E-state index contributed by atoms with van der Waals surface area (Å²) in [7, 11) is 0. The van der Waals surface area contributed by atoms with Crippen LogP contribution < -0.4 is 9.64 Å². The molecule has 1 spiro atoms. The lowest BCUT2D eigenvalue weighted by Crippen LogP contribution is -2.32. The third kappa shape index (κ3) is 4.16. The number of furan rings is 1. The van der Waals surface area contributed by atoms with Crippen molar-refractivity contribution in [2.75, 3.05) is 4.90 Å². The Morgan fingerprint density at radius 2 is 1.05 bits per heavy atom. The maximum Gasteiger partial charge on any atom is 0.137 e. The first-order valence-electron chi connectivity index (χ1n) is 20.5. The first kappa shape index (κ1) is 32.7. The molecule has 0 fully saturated rings. The van der Waals surface area contributed by atoms with Crippen molar-refractivity contribution in [1.29, 1.82) is 0 Å². The molecular formula is C56H37NO2. The highest BCUT2D eigenvalue weighted by Crippen LogP contribution is 2.63. The number of rotatable bonds is 3. The largest absolute Gasteiger partial charge is 0.457 e. The third-order valence-electron chi connectivity index (χ3n) is 13.5. The number of hydrogen-bond donors (Lipinski definition) is 0. The van der Waals surface area contributed by atoms with Crippen LogP contribution in [0.1, 0.15) is 47.2 Å². The van der Waals surface area contributed by atoms with Crippen LogP contribution in [0.4, 0.5) is 17.1 Å². The molecule has 0 amide bonds. The number of ether oxygens (including phenoxy) is 1. The maximum absolute atomic E-state index is 6.93. The number of para-hydroxylation sites is 2. The van der Waals surface area contributed by atoms with Crippen LogP contribution in [0.2, 0.25) is 0 Å². The van der Waals surface area contributed by atoms with E-state index in [0.29, 0.717) is 0 Å². The van der Waals surface area contributed by atoms with Gasteiger partial charge in [-0.1, -0.05) is 153 Å². The first-order valence-corrected chi connectivity index (χ1v) is 20.5. The Bertz CT molecular complexity index is 3380. The SMILES string of the molecule is CC1(C)c2ccccc2-c2c(N(c3ccc4c(c3)C3(c5ccccc5O4)c4ccccc4-c4ccccc43)c3cccc4oc5ccccc5c34)cc3ccccc3c21. The molecule has 0 N–H and O–H groups in total. The number of hydrogen-bond acceptors (Lipinski definition) is 3. The number of anilines is 3. The molecule has 0 radical (unpaired) electrons. The van der Waals surface area contributed by atoms with Crippen molar-refractivity contribution in [3.8, 4) is 33.8 Å². The second-order valence-corrected chi connectivity index (χ2v) is 16.7. The minimum atomic E-state index is -0.604. The summed E-state index contributed by atoms with van der Waals surface area (Å²) in [6, 6.07) is 68.6. The third-order valence-corrected chi connectivity index (χ3v) is 13.5. The summed E-state index contributed by atoms with van der Waals surface area (Å²) >= 11 is 0. The van der Waals surface area contributed by atoms with Crippen LogP contribution in [0, 0.1) is 0 Å². The fraction of sp³-hybridized carbons (Fsp3) is 0.0714. The van der Waals surface area contributed by atoms with E-state index in [2.05, 4.69) is 207 Å². The summed E-state index contributed by atoms with van der Waals surface area (Å²) < 4.78 is 13.5. The van der Waals surface area contributed by atoms with Gasteiger partial charge in [0.25, 0.3) is 0 Å². The van der Waals surface area contributed by atoms with Crippen molar-refractivity contribution in [3.63, 3.8) is 0 Å². The molecule has 0 saturated heterocycles. The van der Waals surface area contributed by atoms with Crippen LogP contribution in [-0.2, 0) is 10.8 Å². The molecule has 1 aliphatic heterocycles. The fourth-order valence-electron chi connectivity index (χ4n) is 11.1. The van der Waals surface area contributed by atoms with Crippen molar-refractivity contribution in [1.82, 2.24) is 0 Å². The Kier molecular flexibility index (Phi) is 6.44. The van der Waals surface area contributed by atoms with Crippen LogP contribution in [0.5, 0.6) is 11.5 Å². The summed E-state index contributed by atoms with van der Waals surface area (Å²) in [5, 5.41) is 4.67. The predicted octanol–water partition coefficient (Wildman–Crippen LogP) is 15.0. The fourth-order valence-corrected chi connectivity index (χ4v) is 11.1. The Labute approximate surface area is 342 Å². The molecule has 3 nitrogen and oxygen atoms in total. The second-order valence-electron chi connectivity index (χ2n) is 16.7. The van der Waals surface area contributed by atoms with Crippen LogP contribution in [-0.4, -0.2) is 0 Å². The maximum atomic E-state index is 6.93. The van der Waals surface area contributed by atoms with Crippen molar-refractivity contribution in [3.05, 3.63) is 221 Å². The number of fused-ring (bicyclic) bond motifs is 17. The van der Waals surface area contributed by atoms with E-state index >= 15 is 0 Å². The zero-order valence-electron chi connectivity index (χ0n) is 32.7. The zero-order chi connectivity index (χ0) is 39.0. The molecule has 278 valence electrons. The number of nitrogens with zero attached hydrogens (tertiary/aromatic N) is 1. The van der Waals surface area contributed by atoms with E-state index in [1.165, 1.54) is 55.3 Å². The van der Waals surface area contributed by atoms with Crippen molar-refractivity contribution in [2.45, 2.75) is 24.7 Å². The van der Waals surface area contributed by atoms with Crippen LogP contribution in [0.15, 0.2) is 192 Å². The first-order chi connectivity index (χ1) is 29.0. The molecule has 13 rings (SSSR count). The van der Waals surface area contributed by atoms with E-state index in [4.69, 9.17) is 9.15 Å². The molecule has 0 saturated carbocycles. The lowest BCUT2D eigenvalue weighted by molar-refractivity contribution is 0.436. The lowest BCUT2D eigenvalue weighted by Gasteiger charge is -2.40. The van der Waals surface area contributed by atoms with Gasteiger partial charge in [0.05, 0.1) is 22.2 Å². The van der Waals surface area contributed by atoms with Crippen molar-refractivity contribution < 1.29 is 9.15 Å². The normalized spacial score (nSPS) is 14.7. The van der Waals surface area contributed by atoms with Gasteiger partial charge in [-0.3, -0.25) is 0 Å². The van der Waals surface area contributed by atoms with Gasteiger partial charge < -0.3 is 14.1 Å². The van der Waals surface area contributed by atoms with Gasteiger partial charge in [0, 0.05) is 33.2 Å². The summed E-state index contributed by atoms with van der Waals surface area (Å²) in [5.74, 6) is 1.75. The highest BCUT2D eigenvalue weighted by molar-refractivity contribution is 6.15. The molecule has 3 heteroatoms. The van der Waals surface area contributed by atoms with Crippen molar-refractivity contribution >= 4 is 49.8 Å². The van der Waals surface area contributed by atoms with Crippen LogP contribution in [0.25, 0.3) is 55.0 Å². The van der Waals surface area contributed by atoms with Gasteiger partial charge in [-0.2, -0.15) is 0 Å². The smallest absolute Gasteiger partial charge is 0.137 e. The van der Waals surface area contributed by atoms with E-state index in [-0.39, 0.29) is 5.41 Å². The molecule has 1 aromatic heterocycles. The quantitative estimate of drug-likeness (QED) is 0.180. The van der Waals surface area contributed by atoms with E-state index in [9.17, 15) is 0 Å². The molecule has 3 aliphatic rings. The van der Waals surface area contributed by atoms with Gasteiger partial charge in [0.15, 0.2) is 0 Å². The number of benzene rings is 9. The van der Waals surface area contributed by atoms with Gasteiger partial charge in [0.2, 0.25) is 0 Å². The summed E-state index contributed by atoms with van der Waals surface area (Å²) in [4.78, 5) is 2.51. The second kappa shape index (κ2) is 11.6. The van der Waals surface area contributed by atoms with Gasteiger partial charge in [-0.15, -0.1) is 0 Å². The highest BCUT2D eigenvalue weighted by Gasteiger charge is 2.51. The summed E-state index contributed by atoms with van der Waals surface area (Å²) in [6.07, 6.45) is 0. The van der Waals surface area contributed by atoms with E-state index in [0.717, 1.165) is 61.6 Å². The Morgan fingerprint density at radius 1 is 0.441 bits per heavy atom. The highest BCUT2D eigenvalue weighted by atomic mass is 16.5. The van der Waals surface area contributed by atoms with E-state index in [1.807, 2.05) is 0 Å². The minimum absolute atomic E-state index is 0.226. The summed E-state index contributed by atoms with van der Waals surface area (Å²) in [5.41, 5.74) is 16.7. The zero-order valence-corrected chi connectivity index (χ0v) is 32.7. The van der Waals surface area contributed by atoms with Crippen LogP contribution in [0.3, 0.4) is 0 Å². The van der Waals surface area contributed by atoms with Gasteiger partial charge in [-0.25, -0.2) is 0 Å². The topological polar surface area (TPSA) is 25.6 Å². The molecule has 2 aliphatic carbocycles. The Hall–Kier alpha value is -7.36. The lowest BCUT2D eigenvalue weighted by atomic mass is 9.66. The molecule has 59 heavy (non-hydrogen) atoms. The van der Waals surface area contributed by atoms with E-state index < -0.39 is 5.41 Å². The molecule has 10 aromatic rings. The molecule has 2 heterocycles. The van der Waals surface area contributed by atoms with Gasteiger partial charge in [0.1, 0.15) is 22.7 Å². The van der Waals surface area contributed by atoms with Crippen molar-refractivity contribution in [2.24, 2.45) is 0 Å². The molecule has 0 bridgehead atoms. The molecule has 9 aromatic carbocycles. The Morgan fingerprint density at radius 3 is 1.85 bits per heavy atom. The predicted molar refractivity (Wildman–Crippen MR) is 241 cm³/mol. The van der Waals surface area contributed by atoms with Crippen LogP contribution >= 0.6 is 0 Å². The molecule has 0 unspecified atom stereocenters. The van der Waals surface area contributed by atoms with E-state index in [1.54, 1.807) is 0 Å². The average molecular weight is 756 g/mol. The monoisotopic (exact) mass is 755 g/mol. The summed E-state index contributed by atoms with van der Waals surface area (Å²) in [6.45, 7) is 4.77. The van der Waals surface area contributed by atoms with Gasteiger partial charge in [-0.05, 0) is 98.2 Å². The molecular weight excluding hydrogens is 719 g/mol. The standard InChI is InChI=1S/C56H37NO2/c1-55(2)41-22-9-7-20-39(41)53-47(32-34-16-3-4-17-36(34)54(53)55)57(46-26-15-29-51-52(46)40-21-8-13-27-48(40)58-51)35-30-31-50-45(33-35)56(44-25-12-14-28-49(44)59-50)42-23-10-5-18-37(42)38-19-6-11-24-43(38)56/h3-33H,1-2H3. The minimum Gasteiger partial charge on any atom is -0.457 e. The average Bonchev–Trinajstić information content (AvgIpc) is 3.89.